The van der Waals surface area contributed by atoms with Gasteiger partial charge in [-0.2, -0.15) is 0 Å². The summed E-state index contributed by atoms with van der Waals surface area (Å²) in [5, 5.41) is 2.24. The lowest BCUT2D eigenvalue weighted by molar-refractivity contribution is -0.702. The summed E-state index contributed by atoms with van der Waals surface area (Å²) >= 11 is 0. The van der Waals surface area contributed by atoms with Gasteiger partial charge in [0.25, 0.3) is 0 Å². The Hall–Kier alpha value is -2.79. The Morgan fingerprint density at radius 3 is 2.56 bits per heavy atom. The first-order valence-electron chi connectivity index (χ1n) is 9.40. The number of fused-ring (bicyclic) bond motifs is 3. The molecule has 3 aromatic rings. The van der Waals surface area contributed by atoms with E-state index in [0.717, 1.165) is 35.0 Å². The van der Waals surface area contributed by atoms with E-state index in [0.29, 0.717) is 13.2 Å². The SMILES string of the molecule is CCOc1cc2c(cc1OCC)-n1cccc1C(c1cccc(F)c1)[NH2+]C2. The highest BCUT2D eigenvalue weighted by molar-refractivity contribution is 5.56. The van der Waals surface area contributed by atoms with Crippen molar-refractivity contribution < 1.29 is 19.2 Å². The molecule has 1 atom stereocenters. The van der Waals surface area contributed by atoms with Gasteiger partial charge in [-0.3, -0.25) is 0 Å². The van der Waals surface area contributed by atoms with Crippen LogP contribution >= 0.6 is 0 Å². The molecule has 2 heterocycles. The molecule has 0 spiro atoms. The summed E-state index contributed by atoms with van der Waals surface area (Å²) in [4.78, 5) is 0. The number of hydrogen-bond acceptors (Lipinski definition) is 2. The number of ether oxygens (including phenoxy) is 2. The van der Waals surface area contributed by atoms with E-state index in [1.54, 1.807) is 12.1 Å². The summed E-state index contributed by atoms with van der Waals surface area (Å²) in [7, 11) is 0. The summed E-state index contributed by atoms with van der Waals surface area (Å²) in [5.41, 5.74) is 4.32. The van der Waals surface area contributed by atoms with Gasteiger partial charge in [0.05, 0.1) is 24.6 Å². The molecule has 1 aliphatic heterocycles. The molecule has 5 heteroatoms. The lowest BCUT2D eigenvalue weighted by atomic mass is 10.0. The minimum Gasteiger partial charge on any atom is -0.490 e. The number of hydrogen-bond donors (Lipinski definition) is 1. The maximum Gasteiger partial charge on any atom is 0.163 e. The highest BCUT2D eigenvalue weighted by Crippen LogP contribution is 2.35. The van der Waals surface area contributed by atoms with Crippen LogP contribution in [0.3, 0.4) is 0 Å². The molecule has 0 saturated heterocycles. The fourth-order valence-electron chi connectivity index (χ4n) is 3.76. The molecule has 4 rings (SSSR count). The molecule has 0 saturated carbocycles. The molecule has 0 amide bonds. The Balaban J connectivity index is 1.82. The number of nitrogens with zero attached hydrogens (tertiary/aromatic N) is 1. The highest BCUT2D eigenvalue weighted by Gasteiger charge is 2.27. The van der Waals surface area contributed by atoms with Gasteiger partial charge in [0.1, 0.15) is 12.4 Å². The van der Waals surface area contributed by atoms with Crippen molar-refractivity contribution in [2.45, 2.75) is 26.4 Å². The zero-order valence-corrected chi connectivity index (χ0v) is 15.6. The molecule has 2 aromatic carbocycles. The van der Waals surface area contributed by atoms with E-state index >= 15 is 0 Å². The molecule has 0 radical (unpaired) electrons. The number of halogens is 1. The first kappa shape index (κ1) is 17.6. The van der Waals surface area contributed by atoms with Crippen LogP contribution in [0.2, 0.25) is 0 Å². The van der Waals surface area contributed by atoms with E-state index in [-0.39, 0.29) is 11.9 Å². The van der Waals surface area contributed by atoms with Gasteiger partial charge in [0.2, 0.25) is 0 Å². The minimum absolute atomic E-state index is 0.0224. The first-order valence-corrected chi connectivity index (χ1v) is 9.40. The molecule has 0 bridgehead atoms. The van der Waals surface area contributed by atoms with Crippen molar-refractivity contribution in [1.82, 2.24) is 4.57 Å². The number of nitrogens with two attached hydrogens (primary N) is 1. The van der Waals surface area contributed by atoms with E-state index in [1.807, 2.05) is 26.0 Å². The van der Waals surface area contributed by atoms with E-state index in [2.05, 4.69) is 34.3 Å². The Labute approximate surface area is 158 Å². The summed E-state index contributed by atoms with van der Waals surface area (Å²) in [6, 6.07) is 15.1. The van der Waals surface area contributed by atoms with Crippen molar-refractivity contribution >= 4 is 0 Å². The highest BCUT2D eigenvalue weighted by atomic mass is 19.1. The van der Waals surface area contributed by atoms with Crippen LogP contribution in [-0.2, 0) is 6.54 Å². The molecule has 1 aromatic heterocycles. The topological polar surface area (TPSA) is 40.0 Å². The third-order valence-electron chi connectivity index (χ3n) is 4.88. The average Bonchev–Trinajstić information content (AvgIpc) is 3.08. The summed E-state index contributed by atoms with van der Waals surface area (Å²) < 4.78 is 27.6. The normalized spacial score (nSPS) is 15.6. The van der Waals surface area contributed by atoms with Gasteiger partial charge >= 0.3 is 0 Å². The average molecular weight is 367 g/mol. The molecular formula is C22H24FN2O2+. The predicted octanol–water partition coefficient (Wildman–Crippen LogP) is 3.58. The van der Waals surface area contributed by atoms with Crippen LogP contribution in [0.1, 0.15) is 36.7 Å². The molecule has 0 fully saturated rings. The van der Waals surface area contributed by atoms with Gasteiger partial charge in [-0.15, -0.1) is 0 Å². The first-order chi connectivity index (χ1) is 13.2. The van der Waals surface area contributed by atoms with Crippen LogP contribution < -0.4 is 14.8 Å². The second kappa shape index (κ2) is 7.45. The van der Waals surface area contributed by atoms with Crippen LogP contribution in [0, 0.1) is 5.82 Å². The third kappa shape index (κ3) is 3.30. The summed E-state index contributed by atoms with van der Waals surface area (Å²) in [6.07, 6.45) is 2.05. The van der Waals surface area contributed by atoms with Gasteiger partial charge in [-0.05, 0) is 44.2 Å². The lowest BCUT2D eigenvalue weighted by Crippen LogP contribution is -2.83. The quantitative estimate of drug-likeness (QED) is 0.749. The van der Waals surface area contributed by atoms with Crippen LogP contribution in [0.25, 0.3) is 5.69 Å². The maximum atomic E-state index is 13.8. The van der Waals surface area contributed by atoms with Crippen LogP contribution in [-0.4, -0.2) is 17.8 Å². The molecule has 2 N–H and O–H groups in total. The van der Waals surface area contributed by atoms with Crippen molar-refractivity contribution in [2.24, 2.45) is 0 Å². The Morgan fingerprint density at radius 2 is 1.81 bits per heavy atom. The smallest absolute Gasteiger partial charge is 0.163 e. The Bertz CT molecular complexity index is 951. The molecular weight excluding hydrogens is 343 g/mol. The van der Waals surface area contributed by atoms with Gasteiger partial charge in [-0.1, -0.05) is 12.1 Å². The van der Waals surface area contributed by atoms with Crippen molar-refractivity contribution in [3.8, 4) is 17.2 Å². The Morgan fingerprint density at radius 1 is 1.04 bits per heavy atom. The van der Waals surface area contributed by atoms with Gasteiger partial charge < -0.3 is 19.4 Å². The van der Waals surface area contributed by atoms with E-state index < -0.39 is 0 Å². The maximum absolute atomic E-state index is 13.8. The minimum atomic E-state index is -0.210. The molecule has 4 nitrogen and oxygen atoms in total. The standard InChI is InChI=1S/C22H23FN2O2/c1-3-26-20-12-16-14-24-22(15-7-5-8-17(23)11-15)18-9-6-10-25(18)19(16)13-21(20)27-4-2/h5-13,22,24H,3-4,14H2,1-2H3/p+1. The lowest BCUT2D eigenvalue weighted by Gasteiger charge is -2.16. The van der Waals surface area contributed by atoms with Gasteiger partial charge in [0, 0.05) is 23.4 Å². The van der Waals surface area contributed by atoms with Crippen LogP contribution in [0.4, 0.5) is 4.39 Å². The van der Waals surface area contributed by atoms with E-state index in [1.165, 1.54) is 11.6 Å². The summed E-state index contributed by atoms with van der Waals surface area (Å²) in [6.45, 7) is 5.87. The zero-order valence-electron chi connectivity index (χ0n) is 15.6. The molecule has 140 valence electrons. The van der Waals surface area contributed by atoms with Crippen LogP contribution in [0.5, 0.6) is 11.5 Å². The number of rotatable bonds is 5. The molecule has 0 aliphatic carbocycles. The second-order valence-electron chi connectivity index (χ2n) is 6.57. The van der Waals surface area contributed by atoms with Gasteiger partial charge in [-0.25, -0.2) is 4.39 Å². The predicted molar refractivity (Wildman–Crippen MR) is 102 cm³/mol. The Kier molecular flexibility index (Phi) is 4.86. The molecule has 27 heavy (non-hydrogen) atoms. The summed E-state index contributed by atoms with van der Waals surface area (Å²) in [5.74, 6) is 1.31. The second-order valence-corrected chi connectivity index (χ2v) is 6.57. The van der Waals surface area contributed by atoms with Crippen molar-refractivity contribution in [3.63, 3.8) is 0 Å². The third-order valence-corrected chi connectivity index (χ3v) is 4.88. The largest absolute Gasteiger partial charge is 0.490 e. The number of aromatic nitrogens is 1. The van der Waals surface area contributed by atoms with Crippen molar-refractivity contribution in [1.29, 1.82) is 0 Å². The van der Waals surface area contributed by atoms with Gasteiger partial charge in [0.15, 0.2) is 17.5 Å². The fourth-order valence-corrected chi connectivity index (χ4v) is 3.76. The monoisotopic (exact) mass is 367 g/mol. The number of benzene rings is 2. The van der Waals surface area contributed by atoms with E-state index in [9.17, 15) is 4.39 Å². The zero-order chi connectivity index (χ0) is 18.8. The molecule has 1 aliphatic rings. The van der Waals surface area contributed by atoms with E-state index in [4.69, 9.17) is 9.47 Å². The van der Waals surface area contributed by atoms with Crippen molar-refractivity contribution in [3.05, 3.63) is 77.4 Å². The molecule has 1 unspecified atom stereocenters. The fraction of sp³-hybridized carbons (Fsp3) is 0.273. The number of quaternary nitrogens is 1. The van der Waals surface area contributed by atoms with Crippen molar-refractivity contribution in [2.75, 3.05) is 13.2 Å². The van der Waals surface area contributed by atoms with Crippen LogP contribution in [0.15, 0.2) is 54.7 Å².